The number of hydrogen-bond donors (Lipinski definition) is 1. The van der Waals surface area contributed by atoms with Crippen LogP contribution < -0.4 is 5.32 Å². The second kappa shape index (κ2) is 3.78. The molecule has 0 saturated heterocycles. The summed E-state index contributed by atoms with van der Waals surface area (Å²) < 4.78 is 1.05. The van der Waals surface area contributed by atoms with Gasteiger partial charge in [-0.15, -0.1) is 0 Å². The van der Waals surface area contributed by atoms with Crippen LogP contribution in [0.2, 0.25) is 0 Å². The van der Waals surface area contributed by atoms with Crippen LogP contribution in [0.4, 0.5) is 5.82 Å². The predicted molar refractivity (Wildman–Crippen MR) is 67.1 cm³/mol. The summed E-state index contributed by atoms with van der Waals surface area (Å²) in [6.45, 7) is 6.55. The van der Waals surface area contributed by atoms with Gasteiger partial charge in [-0.2, -0.15) is 0 Å². The molecule has 3 heteroatoms. The van der Waals surface area contributed by atoms with E-state index in [2.05, 4.69) is 46.1 Å². The van der Waals surface area contributed by atoms with Crippen molar-refractivity contribution in [3.63, 3.8) is 0 Å². The fraction of sp³-hybridized carbons (Fsp3) is 0.583. The van der Waals surface area contributed by atoms with Crippen LogP contribution in [-0.2, 0) is 0 Å². The van der Waals surface area contributed by atoms with Crippen molar-refractivity contribution in [3.8, 4) is 0 Å². The first-order valence-electron chi connectivity index (χ1n) is 5.39. The lowest BCUT2D eigenvalue weighted by atomic mass is 9.99. The largest absolute Gasteiger partial charge is 0.364 e. The highest BCUT2D eigenvalue weighted by Gasteiger charge is 2.38. The summed E-state index contributed by atoms with van der Waals surface area (Å²) in [6.07, 6.45) is 4.57. The van der Waals surface area contributed by atoms with Crippen LogP contribution in [0.3, 0.4) is 0 Å². The Morgan fingerprint density at radius 3 is 2.67 bits per heavy atom. The van der Waals surface area contributed by atoms with Crippen LogP contribution in [0.25, 0.3) is 0 Å². The molecule has 0 radical (unpaired) electrons. The van der Waals surface area contributed by atoms with Crippen molar-refractivity contribution in [2.24, 2.45) is 5.92 Å². The third kappa shape index (κ3) is 2.51. The minimum absolute atomic E-state index is 0.158. The highest BCUT2D eigenvalue weighted by Crippen LogP contribution is 2.41. The van der Waals surface area contributed by atoms with E-state index in [9.17, 15) is 0 Å². The number of pyridine rings is 1. The second-order valence-electron chi connectivity index (χ2n) is 4.96. The molecule has 0 bridgehead atoms. The van der Waals surface area contributed by atoms with Crippen LogP contribution in [0.1, 0.15) is 32.3 Å². The van der Waals surface area contributed by atoms with E-state index in [0.717, 1.165) is 16.2 Å². The second-order valence-corrected chi connectivity index (χ2v) is 5.82. The monoisotopic (exact) mass is 268 g/mol. The van der Waals surface area contributed by atoms with Gasteiger partial charge in [0.2, 0.25) is 0 Å². The number of rotatable bonds is 3. The van der Waals surface area contributed by atoms with Gasteiger partial charge in [-0.3, -0.25) is 0 Å². The number of hydrogen-bond acceptors (Lipinski definition) is 2. The van der Waals surface area contributed by atoms with E-state index in [1.54, 1.807) is 0 Å². The Labute approximate surface area is 99.6 Å². The van der Waals surface area contributed by atoms with Gasteiger partial charge >= 0.3 is 0 Å². The van der Waals surface area contributed by atoms with Gasteiger partial charge in [0.25, 0.3) is 0 Å². The molecular weight excluding hydrogens is 252 g/mol. The molecule has 82 valence electrons. The van der Waals surface area contributed by atoms with Gasteiger partial charge in [-0.25, -0.2) is 4.98 Å². The van der Waals surface area contributed by atoms with Crippen molar-refractivity contribution in [1.29, 1.82) is 0 Å². The zero-order chi connectivity index (χ0) is 11.1. The van der Waals surface area contributed by atoms with Crippen molar-refractivity contribution in [2.45, 2.75) is 39.2 Å². The molecule has 0 aliphatic heterocycles. The molecule has 15 heavy (non-hydrogen) atoms. The van der Waals surface area contributed by atoms with E-state index >= 15 is 0 Å². The SMILES string of the molecule is Cc1cnc(NC(C)(C)C2CC2)c(Br)c1. The van der Waals surface area contributed by atoms with E-state index in [1.807, 2.05) is 13.1 Å². The van der Waals surface area contributed by atoms with E-state index in [0.29, 0.717) is 0 Å². The van der Waals surface area contributed by atoms with Crippen LogP contribution in [0, 0.1) is 12.8 Å². The fourth-order valence-corrected chi connectivity index (χ4v) is 2.40. The van der Waals surface area contributed by atoms with E-state index in [-0.39, 0.29) is 5.54 Å². The smallest absolute Gasteiger partial charge is 0.140 e. The number of aromatic nitrogens is 1. The summed E-state index contributed by atoms with van der Waals surface area (Å²) in [5.41, 5.74) is 1.33. The van der Waals surface area contributed by atoms with Crippen LogP contribution in [0.15, 0.2) is 16.7 Å². The van der Waals surface area contributed by atoms with Gasteiger partial charge in [0.15, 0.2) is 0 Å². The van der Waals surface area contributed by atoms with Crippen molar-refractivity contribution in [2.75, 3.05) is 5.32 Å². The highest BCUT2D eigenvalue weighted by molar-refractivity contribution is 9.10. The van der Waals surface area contributed by atoms with Gasteiger partial charge < -0.3 is 5.32 Å². The average molecular weight is 269 g/mol. The van der Waals surface area contributed by atoms with E-state index < -0.39 is 0 Å². The summed E-state index contributed by atoms with van der Waals surface area (Å²) >= 11 is 3.54. The minimum Gasteiger partial charge on any atom is -0.364 e. The van der Waals surface area contributed by atoms with Crippen molar-refractivity contribution in [1.82, 2.24) is 4.98 Å². The standard InChI is InChI=1S/C12H17BrN2/c1-8-6-10(13)11(14-7-8)15-12(2,3)9-4-5-9/h6-7,9H,4-5H2,1-3H3,(H,14,15). The average Bonchev–Trinajstić information content (AvgIpc) is 2.92. The molecular formula is C12H17BrN2. The summed E-state index contributed by atoms with van der Waals surface area (Å²) in [6, 6.07) is 2.10. The molecule has 0 spiro atoms. The van der Waals surface area contributed by atoms with E-state index in [1.165, 1.54) is 18.4 Å². The maximum absolute atomic E-state index is 4.42. The molecule has 0 atom stereocenters. The molecule has 1 aromatic rings. The quantitative estimate of drug-likeness (QED) is 0.903. The Morgan fingerprint density at radius 1 is 1.47 bits per heavy atom. The zero-order valence-corrected chi connectivity index (χ0v) is 11.1. The van der Waals surface area contributed by atoms with Crippen molar-refractivity contribution in [3.05, 3.63) is 22.3 Å². The number of halogens is 1. The first-order chi connectivity index (χ1) is 6.99. The van der Waals surface area contributed by atoms with Crippen LogP contribution in [-0.4, -0.2) is 10.5 Å². The number of nitrogens with one attached hydrogen (secondary N) is 1. The third-order valence-electron chi connectivity index (χ3n) is 3.02. The number of aryl methyl sites for hydroxylation is 1. The zero-order valence-electron chi connectivity index (χ0n) is 9.47. The molecule has 0 aromatic carbocycles. The lowest BCUT2D eigenvalue weighted by molar-refractivity contribution is 0.492. The normalized spacial score (nSPS) is 16.5. The number of nitrogens with zero attached hydrogens (tertiary/aromatic N) is 1. The van der Waals surface area contributed by atoms with Gasteiger partial charge in [-0.1, -0.05) is 0 Å². The maximum Gasteiger partial charge on any atom is 0.140 e. The minimum atomic E-state index is 0.158. The Kier molecular flexibility index (Phi) is 2.75. The topological polar surface area (TPSA) is 24.9 Å². The molecule has 1 aliphatic carbocycles. The lowest BCUT2D eigenvalue weighted by Crippen LogP contribution is -2.33. The van der Waals surface area contributed by atoms with Gasteiger partial charge in [-0.05, 0) is 67.1 Å². The van der Waals surface area contributed by atoms with Gasteiger partial charge in [0, 0.05) is 11.7 Å². The van der Waals surface area contributed by atoms with E-state index in [4.69, 9.17) is 0 Å². The molecule has 1 fully saturated rings. The summed E-state index contributed by atoms with van der Waals surface area (Å²) in [5, 5.41) is 3.52. The number of anilines is 1. The fourth-order valence-electron chi connectivity index (χ4n) is 1.84. The Hall–Kier alpha value is -0.570. The Balaban J connectivity index is 2.16. The molecule has 0 unspecified atom stereocenters. The first-order valence-corrected chi connectivity index (χ1v) is 6.18. The molecule has 1 saturated carbocycles. The van der Waals surface area contributed by atoms with Crippen LogP contribution in [0.5, 0.6) is 0 Å². The lowest BCUT2D eigenvalue weighted by Gasteiger charge is -2.27. The van der Waals surface area contributed by atoms with Gasteiger partial charge in [0.05, 0.1) is 4.47 Å². The molecule has 0 amide bonds. The molecule has 1 aromatic heterocycles. The van der Waals surface area contributed by atoms with Crippen molar-refractivity contribution < 1.29 is 0 Å². The van der Waals surface area contributed by atoms with Gasteiger partial charge in [0.1, 0.15) is 5.82 Å². The molecule has 1 aliphatic rings. The molecule has 2 nitrogen and oxygen atoms in total. The Bertz CT molecular complexity index is 370. The highest BCUT2D eigenvalue weighted by atomic mass is 79.9. The predicted octanol–water partition coefficient (Wildman–Crippen LogP) is 3.75. The van der Waals surface area contributed by atoms with Crippen molar-refractivity contribution >= 4 is 21.7 Å². The molecule has 1 N–H and O–H groups in total. The summed E-state index contributed by atoms with van der Waals surface area (Å²) in [4.78, 5) is 4.42. The van der Waals surface area contributed by atoms with Crippen LogP contribution >= 0.6 is 15.9 Å². The molecule has 1 heterocycles. The molecule has 2 rings (SSSR count). The third-order valence-corrected chi connectivity index (χ3v) is 3.62. The Morgan fingerprint density at radius 2 is 2.13 bits per heavy atom. The summed E-state index contributed by atoms with van der Waals surface area (Å²) in [7, 11) is 0. The first kappa shape index (κ1) is 10.9. The summed E-state index contributed by atoms with van der Waals surface area (Å²) in [5.74, 6) is 1.75. The maximum atomic E-state index is 4.42.